The van der Waals surface area contributed by atoms with Crippen molar-refractivity contribution in [2.45, 2.75) is 6.92 Å². The lowest BCUT2D eigenvalue weighted by Gasteiger charge is -1.88. The van der Waals surface area contributed by atoms with E-state index >= 15 is 0 Å². The van der Waals surface area contributed by atoms with Gasteiger partial charge in [0, 0.05) is 24.2 Å². The van der Waals surface area contributed by atoms with Crippen LogP contribution in [-0.4, -0.2) is 0 Å². The highest BCUT2D eigenvalue weighted by Crippen LogP contribution is 2.14. The molecule has 0 aliphatic carbocycles. The molecule has 0 amide bonds. The van der Waals surface area contributed by atoms with E-state index in [9.17, 15) is 0 Å². The summed E-state index contributed by atoms with van der Waals surface area (Å²) < 4.78 is 38.4. The van der Waals surface area contributed by atoms with Crippen LogP contribution in [0.1, 0.15) is 12.4 Å². The third-order valence-electron chi connectivity index (χ3n) is 1.68. The summed E-state index contributed by atoms with van der Waals surface area (Å²) in [5.41, 5.74) is 1.11. The number of rotatable bonds is 2. The van der Waals surface area contributed by atoms with Gasteiger partial charge in [0.15, 0.2) is 0 Å². The summed E-state index contributed by atoms with van der Waals surface area (Å²) in [5, 5.41) is 0.999. The van der Waals surface area contributed by atoms with Crippen molar-refractivity contribution in [1.82, 2.24) is 0 Å². The third kappa shape index (κ3) is 2.36. The lowest BCUT2D eigenvalue weighted by Crippen LogP contribution is -1.81. The van der Waals surface area contributed by atoms with E-state index in [-0.39, 0.29) is 35.2 Å². The summed E-state index contributed by atoms with van der Waals surface area (Å²) in [5.74, 6) is 0. The fourth-order valence-corrected chi connectivity index (χ4v) is 1.65. The Balaban J connectivity index is 2.48. The van der Waals surface area contributed by atoms with Gasteiger partial charge >= 0.3 is 0 Å². The molecule has 0 aromatic heterocycles. The Bertz CT molecular complexity index is 593. The Morgan fingerprint density at radius 2 is 1.57 bits per heavy atom. The van der Waals surface area contributed by atoms with Gasteiger partial charge in [-0.3, -0.25) is 0 Å². The van der Waals surface area contributed by atoms with Crippen molar-refractivity contribution in [3.8, 4) is 0 Å². The zero-order chi connectivity index (χ0) is 14.2. The Labute approximate surface area is 95.3 Å². The molecule has 0 fully saturated rings. The SMILES string of the molecule is [3H]c1c([3H])c([3H])c([Cl+]c2ccc(C)cc2)c([3H])c1[3H]. The smallest absolute Gasteiger partial charge is 0.0619 e. The van der Waals surface area contributed by atoms with Crippen LogP contribution < -0.4 is 0 Å². The Morgan fingerprint density at radius 1 is 0.929 bits per heavy atom. The maximum Gasteiger partial charge on any atom is 0.235 e. The molecule has 0 nitrogen and oxygen atoms in total. The Kier molecular flexibility index (Phi) is 1.53. The van der Waals surface area contributed by atoms with Crippen LogP contribution in [0, 0.1) is 17.7 Å². The van der Waals surface area contributed by atoms with Crippen LogP contribution in [0.5, 0.6) is 0 Å². The van der Waals surface area contributed by atoms with E-state index in [2.05, 4.69) is 0 Å². The van der Waals surface area contributed by atoms with Crippen LogP contribution in [0.4, 0.5) is 0 Å². The number of hydrogen-bond donors (Lipinski definition) is 0. The highest BCUT2D eigenvalue weighted by Gasteiger charge is 2.11. The monoisotopic (exact) mass is 213 g/mol. The van der Waals surface area contributed by atoms with Crippen LogP contribution >= 0.6 is 0 Å². The number of aryl methyl sites for hydroxylation is 1. The van der Waals surface area contributed by atoms with Gasteiger partial charge in [0.25, 0.3) is 0 Å². The molecule has 0 heterocycles. The van der Waals surface area contributed by atoms with Crippen LogP contribution in [0.15, 0.2) is 54.5 Å². The van der Waals surface area contributed by atoms with Crippen molar-refractivity contribution >= 4 is 0 Å². The third-order valence-corrected chi connectivity index (χ3v) is 2.53. The van der Waals surface area contributed by atoms with Crippen LogP contribution in [0.25, 0.3) is 0 Å². The summed E-state index contributed by atoms with van der Waals surface area (Å²) in [6.45, 7) is 1.97. The average Bonchev–Trinajstić information content (AvgIpc) is 2.41. The maximum atomic E-state index is 7.82. The van der Waals surface area contributed by atoms with E-state index in [0.717, 1.165) is 10.6 Å². The largest absolute Gasteiger partial charge is 0.235 e. The molecular weight excluding hydrogens is 192 g/mol. The molecule has 2 aromatic carbocycles. The van der Waals surface area contributed by atoms with Gasteiger partial charge in [0.2, 0.25) is 20.8 Å². The summed E-state index contributed by atoms with van der Waals surface area (Å²) in [6.07, 6.45) is 0. The summed E-state index contributed by atoms with van der Waals surface area (Å²) in [7, 11) is 1.75. The first-order valence-electron chi connectivity index (χ1n) is 6.70. The van der Waals surface area contributed by atoms with Gasteiger partial charge in [-0.25, -0.2) is 0 Å². The number of hydrogen-bond acceptors (Lipinski definition) is 0. The Morgan fingerprint density at radius 3 is 2.21 bits per heavy atom. The molecule has 0 aliphatic heterocycles. The van der Waals surface area contributed by atoms with Crippen molar-refractivity contribution in [2.24, 2.45) is 0 Å². The standard InChI is InChI=1S/C13H12Cl/c1-11-7-9-13(10-8-11)14-12-5-3-2-4-6-12/h2-10H,1H3/q+1/i2T,3T,4T,5T,6T. The molecular formula is C13H12Cl+. The Hall–Kier alpha value is -1.27. The first kappa shape index (κ1) is 4.99. The first-order chi connectivity index (χ1) is 8.91. The zero-order valence-electron chi connectivity index (χ0n) is 12.7. The van der Waals surface area contributed by atoms with Crippen molar-refractivity contribution in [3.05, 3.63) is 70.1 Å². The molecule has 0 saturated heterocycles. The normalized spacial score (nSPS) is 15.1. The molecule has 14 heavy (non-hydrogen) atoms. The minimum Gasteiger partial charge on any atom is -0.0619 e. The van der Waals surface area contributed by atoms with Gasteiger partial charge in [-0.1, -0.05) is 35.8 Å². The van der Waals surface area contributed by atoms with Crippen LogP contribution in [0.2, 0.25) is 10.0 Å². The van der Waals surface area contributed by atoms with E-state index in [1.807, 2.05) is 31.2 Å². The molecule has 0 radical (unpaired) electrons. The molecule has 0 spiro atoms. The quantitative estimate of drug-likeness (QED) is 0.715. The lowest BCUT2D eigenvalue weighted by molar-refractivity contribution is -0.535. The van der Waals surface area contributed by atoms with Gasteiger partial charge in [-0.15, -0.1) is 0 Å². The molecule has 0 unspecified atom stereocenters. The number of benzene rings is 2. The van der Waals surface area contributed by atoms with Gasteiger partial charge in [0.1, 0.15) is 0 Å². The van der Waals surface area contributed by atoms with E-state index in [4.69, 9.17) is 6.85 Å². The van der Waals surface area contributed by atoms with E-state index in [1.54, 1.807) is 10.8 Å². The molecule has 2 rings (SSSR count). The minimum absolute atomic E-state index is 0.181. The van der Waals surface area contributed by atoms with Crippen molar-refractivity contribution in [3.63, 3.8) is 0 Å². The van der Waals surface area contributed by atoms with Gasteiger partial charge in [0.05, 0.1) is 6.85 Å². The van der Waals surface area contributed by atoms with E-state index in [0.29, 0.717) is 0 Å². The highest BCUT2D eigenvalue weighted by atomic mass is 35.5. The van der Waals surface area contributed by atoms with Gasteiger partial charge in [-0.05, 0) is 6.92 Å². The fraction of sp³-hybridized carbons (Fsp3) is 0.0769. The minimum atomic E-state index is -0.367. The molecule has 0 atom stereocenters. The van der Waals surface area contributed by atoms with Crippen LogP contribution in [0.3, 0.4) is 0 Å². The molecule has 70 valence electrons. The van der Waals surface area contributed by atoms with Gasteiger partial charge < -0.3 is 0 Å². The molecule has 0 aliphatic rings. The van der Waals surface area contributed by atoms with Crippen molar-refractivity contribution < 1.29 is 17.6 Å². The van der Waals surface area contributed by atoms with E-state index < -0.39 is 0 Å². The number of halogens is 1. The predicted octanol–water partition coefficient (Wildman–Crippen LogP) is 3.61. The van der Waals surface area contributed by atoms with E-state index in [1.165, 1.54) is 0 Å². The average molecular weight is 214 g/mol. The first-order valence-corrected chi connectivity index (χ1v) is 4.96. The summed E-state index contributed by atoms with van der Waals surface area (Å²) >= 11 is 0. The molecule has 0 saturated carbocycles. The van der Waals surface area contributed by atoms with Gasteiger partial charge in [-0.2, -0.15) is 0 Å². The van der Waals surface area contributed by atoms with Crippen molar-refractivity contribution in [2.75, 3.05) is 0 Å². The fourth-order valence-electron chi connectivity index (χ4n) is 0.987. The molecule has 0 bridgehead atoms. The van der Waals surface area contributed by atoms with Crippen molar-refractivity contribution in [1.29, 1.82) is 0 Å². The summed E-state index contributed by atoms with van der Waals surface area (Å²) in [6, 6.07) is 6.18. The second-order valence-corrected chi connectivity index (χ2v) is 3.83. The molecule has 0 N–H and O–H groups in total. The van der Waals surface area contributed by atoms with Crippen LogP contribution in [-0.2, 0) is 0 Å². The zero-order valence-corrected chi connectivity index (χ0v) is 8.44. The maximum absolute atomic E-state index is 7.82. The molecule has 2 aromatic rings. The summed E-state index contributed by atoms with van der Waals surface area (Å²) in [4.78, 5) is 0. The predicted molar refractivity (Wildman–Crippen MR) is 55.9 cm³/mol. The molecule has 1 heteroatoms. The lowest BCUT2D eigenvalue weighted by atomic mass is 10.2. The second kappa shape index (κ2) is 4.30. The highest BCUT2D eigenvalue weighted by molar-refractivity contribution is 5.19. The second-order valence-electron chi connectivity index (χ2n) is 2.83. The topological polar surface area (TPSA) is 0 Å².